The van der Waals surface area contributed by atoms with Crippen molar-refractivity contribution in [2.24, 2.45) is 5.73 Å². The van der Waals surface area contributed by atoms with Crippen LogP contribution in [0.3, 0.4) is 0 Å². The number of halogens is 1. The van der Waals surface area contributed by atoms with Crippen LogP contribution < -0.4 is 26.8 Å². The number of para-hydroxylation sites is 1. The van der Waals surface area contributed by atoms with Gasteiger partial charge in [-0.15, -0.1) is 0 Å². The summed E-state index contributed by atoms with van der Waals surface area (Å²) < 4.78 is 21.4. The van der Waals surface area contributed by atoms with E-state index in [1.165, 1.54) is 10.7 Å². The van der Waals surface area contributed by atoms with Gasteiger partial charge in [0.2, 0.25) is 11.9 Å². The van der Waals surface area contributed by atoms with Gasteiger partial charge < -0.3 is 26.8 Å². The number of rotatable bonds is 9. The smallest absolute Gasteiger partial charge is 0.277 e. The standard InChI is InChI=1S/C27H26FN7O4/c1-15(2)35-25(29)22(26(30)37)23(34-35)27(38)33-20-13-17(14-31-24(20)28)32-21(36)12-16-8-10-19(11-9-16)39-18-6-4-3-5-7-18/h3-11,13-15H,12,29H2,1-2H3,(H2,30,37)(H,32,36)(H,33,38). The van der Waals surface area contributed by atoms with E-state index in [1.807, 2.05) is 30.3 Å². The second kappa shape index (κ2) is 11.4. The number of aromatic nitrogens is 3. The lowest BCUT2D eigenvalue weighted by molar-refractivity contribution is -0.115. The molecule has 4 rings (SSSR count). The Kier molecular flexibility index (Phi) is 7.85. The number of hydrogen-bond donors (Lipinski definition) is 4. The van der Waals surface area contributed by atoms with Gasteiger partial charge in [0.25, 0.3) is 11.8 Å². The molecule has 0 radical (unpaired) electrons. The zero-order valence-electron chi connectivity index (χ0n) is 21.1. The molecule has 0 aliphatic carbocycles. The van der Waals surface area contributed by atoms with Crippen molar-refractivity contribution < 1.29 is 23.5 Å². The zero-order valence-corrected chi connectivity index (χ0v) is 21.1. The largest absolute Gasteiger partial charge is 0.457 e. The molecule has 0 bridgehead atoms. The molecule has 0 saturated heterocycles. The van der Waals surface area contributed by atoms with Crippen molar-refractivity contribution in [3.63, 3.8) is 0 Å². The maximum atomic E-state index is 14.4. The first-order valence-corrected chi connectivity index (χ1v) is 11.9. The number of benzene rings is 2. The number of anilines is 3. The fraction of sp³-hybridized carbons (Fsp3) is 0.148. The van der Waals surface area contributed by atoms with Gasteiger partial charge in [-0.3, -0.25) is 14.4 Å². The molecule has 2 aromatic heterocycles. The number of nitrogens with one attached hydrogen (secondary N) is 2. The van der Waals surface area contributed by atoms with E-state index in [4.69, 9.17) is 16.2 Å². The number of nitrogens with zero attached hydrogens (tertiary/aromatic N) is 3. The Morgan fingerprint density at radius 1 is 1.03 bits per heavy atom. The number of hydrogen-bond acceptors (Lipinski definition) is 7. The van der Waals surface area contributed by atoms with Gasteiger partial charge in [-0.1, -0.05) is 30.3 Å². The fourth-order valence-electron chi connectivity index (χ4n) is 3.72. The molecule has 0 aliphatic heterocycles. The highest BCUT2D eigenvalue weighted by Crippen LogP contribution is 2.24. The molecule has 0 atom stereocenters. The summed E-state index contributed by atoms with van der Waals surface area (Å²) in [5.41, 5.74) is 11.2. The summed E-state index contributed by atoms with van der Waals surface area (Å²) in [7, 11) is 0. The average Bonchev–Trinajstić information content (AvgIpc) is 3.25. The number of nitrogens with two attached hydrogens (primary N) is 2. The summed E-state index contributed by atoms with van der Waals surface area (Å²) in [6, 6.07) is 17.2. The summed E-state index contributed by atoms with van der Waals surface area (Å²) in [4.78, 5) is 40.9. The molecule has 0 fully saturated rings. The summed E-state index contributed by atoms with van der Waals surface area (Å²) >= 11 is 0. The van der Waals surface area contributed by atoms with Crippen LogP contribution >= 0.6 is 0 Å². The van der Waals surface area contributed by atoms with E-state index < -0.39 is 23.7 Å². The monoisotopic (exact) mass is 531 g/mol. The van der Waals surface area contributed by atoms with E-state index in [9.17, 15) is 18.8 Å². The molecule has 39 heavy (non-hydrogen) atoms. The lowest BCUT2D eigenvalue weighted by Gasteiger charge is -2.10. The third-order valence-electron chi connectivity index (χ3n) is 5.54. The summed E-state index contributed by atoms with van der Waals surface area (Å²) in [5.74, 6) is -2.04. The fourth-order valence-corrected chi connectivity index (χ4v) is 3.72. The van der Waals surface area contributed by atoms with E-state index >= 15 is 0 Å². The van der Waals surface area contributed by atoms with Gasteiger partial charge in [-0.2, -0.15) is 9.49 Å². The number of carbonyl (C=O) groups excluding carboxylic acids is 3. The minimum absolute atomic E-state index is 0.0264. The van der Waals surface area contributed by atoms with Crippen LogP contribution in [-0.2, 0) is 11.2 Å². The molecule has 12 heteroatoms. The van der Waals surface area contributed by atoms with Crippen LogP contribution in [0.25, 0.3) is 0 Å². The van der Waals surface area contributed by atoms with Crippen molar-refractivity contribution in [1.29, 1.82) is 0 Å². The molecule has 3 amide bonds. The first-order valence-electron chi connectivity index (χ1n) is 11.9. The van der Waals surface area contributed by atoms with Crippen LogP contribution in [0.1, 0.15) is 46.3 Å². The Balaban J connectivity index is 1.43. The topological polar surface area (TPSA) is 167 Å². The van der Waals surface area contributed by atoms with Crippen LogP contribution in [0, 0.1) is 5.95 Å². The number of pyridine rings is 1. The normalized spacial score (nSPS) is 10.8. The van der Waals surface area contributed by atoms with E-state index in [0.29, 0.717) is 17.1 Å². The van der Waals surface area contributed by atoms with Crippen molar-refractivity contribution in [3.05, 3.63) is 89.6 Å². The lowest BCUT2D eigenvalue weighted by atomic mass is 10.1. The van der Waals surface area contributed by atoms with E-state index in [0.717, 1.165) is 6.20 Å². The summed E-state index contributed by atoms with van der Waals surface area (Å²) in [6.07, 6.45) is 1.14. The van der Waals surface area contributed by atoms with Crippen LogP contribution in [0.5, 0.6) is 11.5 Å². The third kappa shape index (κ3) is 6.36. The summed E-state index contributed by atoms with van der Waals surface area (Å²) in [5, 5.41) is 8.99. The Morgan fingerprint density at radius 3 is 2.33 bits per heavy atom. The number of primary amides is 1. The SMILES string of the molecule is CC(C)n1nc(C(=O)Nc2cc(NC(=O)Cc3ccc(Oc4ccccc4)cc3)cnc2F)c(C(N)=O)c1N. The minimum Gasteiger partial charge on any atom is -0.457 e. The molecule has 0 saturated carbocycles. The predicted octanol–water partition coefficient (Wildman–Crippen LogP) is 3.91. The number of ether oxygens (including phenoxy) is 1. The highest BCUT2D eigenvalue weighted by Gasteiger charge is 2.27. The Morgan fingerprint density at radius 2 is 1.69 bits per heavy atom. The Hall–Kier alpha value is -5.26. The van der Waals surface area contributed by atoms with Crippen LogP contribution in [0.4, 0.5) is 21.6 Å². The summed E-state index contributed by atoms with van der Waals surface area (Å²) in [6.45, 7) is 3.50. The molecule has 2 aromatic carbocycles. The lowest BCUT2D eigenvalue weighted by Crippen LogP contribution is -2.21. The Bertz CT molecular complexity index is 1520. The van der Waals surface area contributed by atoms with Crippen molar-refractivity contribution >= 4 is 34.9 Å². The molecule has 6 N–H and O–H groups in total. The van der Waals surface area contributed by atoms with Gasteiger partial charge in [0.1, 0.15) is 22.9 Å². The van der Waals surface area contributed by atoms with Gasteiger partial charge >= 0.3 is 0 Å². The second-order valence-electron chi connectivity index (χ2n) is 8.81. The van der Waals surface area contributed by atoms with Crippen molar-refractivity contribution in [3.8, 4) is 11.5 Å². The highest BCUT2D eigenvalue weighted by molar-refractivity contribution is 6.12. The van der Waals surface area contributed by atoms with Crippen molar-refractivity contribution in [2.45, 2.75) is 26.3 Å². The quantitative estimate of drug-likeness (QED) is 0.238. The van der Waals surface area contributed by atoms with Gasteiger partial charge in [0.05, 0.1) is 24.0 Å². The van der Waals surface area contributed by atoms with Crippen LogP contribution in [-0.4, -0.2) is 32.5 Å². The molecule has 200 valence electrons. The molecule has 0 spiro atoms. The van der Waals surface area contributed by atoms with E-state index in [2.05, 4.69) is 20.7 Å². The molecule has 0 unspecified atom stereocenters. The minimum atomic E-state index is -1.01. The first kappa shape index (κ1) is 26.8. The number of nitrogen functional groups attached to an aromatic ring is 1. The average molecular weight is 532 g/mol. The van der Waals surface area contributed by atoms with Crippen molar-refractivity contribution in [1.82, 2.24) is 14.8 Å². The molecule has 2 heterocycles. The zero-order chi connectivity index (χ0) is 28.1. The molecule has 4 aromatic rings. The number of amides is 3. The van der Waals surface area contributed by atoms with E-state index in [1.54, 1.807) is 38.1 Å². The molecular formula is C27H26FN7O4. The van der Waals surface area contributed by atoms with Gasteiger partial charge in [0, 0.05) is 6.04 Å². The van der Waals surface area contributed by atoms with Crippen molar-refractivity contribution in [2.75, 3.05) is 16.4 Å². The van der Waals surface area contributed by atoms with Gasteiger partial charge in [0.15, 0.2) is 5.69 Å². The Labute approximate surface area is 223 Å². The number of carbonyl (C=O) groups is 3. The maximum absolute atomic E-state index is 14.4. The van der Waals surface area contributed by atoms with Crippen LogP contribution in [0.2, 0.25) is 0 Å². The molecular weight excluding hydrogens is 505 g/mol. The van der Waals surface area contributed by atoms with Crippen LogP contribution in [0.15, 0.2) is 66.9 Å². The second-order valence-corrected chi connectivity index (χ2v) is 8.81. The third-order valence-corrected chi connectivity index (χ3v) is 5.54. The molecule has 0 aliphatic rings. The highest BCUT2D eigenvalue weighted by atomic mass is 19.1. The molecule has 11 nitrogen and oxygen atoms in total. The predicted molar refractivity (Wildman–Crippen MR) is 143 cm³/mol. The first-order chi connectivity index (χ1) is 18.6. The van der Waals surface area contributed by atoms with Gasteiger partial charge in [-0.05, 0) is 49.7 Å². The van der Waals surface area contributed by atoms with E-state index in [-0.39, 0.29) is 40.9 Å². The maximum Gasteiger partial charge on any atom is 0.277 e. The van der Waals surface area contributed by atoms with Gasteiger partial charge in [-0.25, -0.2) is 9.67 Å².